The average Bonchev–Trinajstić information content (AvgIpc) is 3.25. The van der Waals surface area contributed by atoms with Crippen LogP contribution in [0, 0.1) is 0 Å². The second-order valence-electron chi connectivity index (χ2n) is 9.02. The number of hydrogen-bond donors (Lipinski definition) is 3. The highest BCUT2D eigenvalue weighted by Gasteiger charge is 2.15. The van der Waals surface area contributed by atoms with Crippen LogP contribution in [0.1, 0.15) is 25.0 Å². The third kappa shape index (κ3) is 7.12. The van der Waals surface area contributed by atoms with Gasteiger partial charge < -0.3 is 30.5 Å². The summed E-state index contributed by atoms with van der Waals surface area (Å²) in [6, 6.07) is 11.3. The van der Waals surface area contributed by atoms with E-state index in [2.05, 4.69) is 21.0 Å². The maximum Gasteiger partial charge on any atom is 0.277 e. The van der Waals surface area contributed by atoms with Crippen LogP contribution in [0.4, 0.5) is 11.4 Å². The fourth-order valence-corrected chi connectivity index (χ4v) is 4.20. The predicted molar refractivity (Wildman–Crippen MR) is 157 cm³/mol. The maximum absolute atomic E-state index is 12.5. The zero-order valence-electron chi connectivity index (χ0n) is 22.8. The number of benzene rings is 2. The molecule has 40 heavy (non-hydrogen) atoms. The minimum Gasteiger partial charge on any atom is -0.497 e. The Bertz CT molecular complexity index is 1450. The summed E-state index contributed by atoms with van der Waals surface area (Å²) in [5.41, 5.74) is 13.0. The number of carbonyl (C=O) groups is 1. The number of amides is 1. The van der Waals surface area contributed by atoms with E-state index in [9.17, 15) is 9.90 Å². The topological polar surface area (TPSA) is 135 Å². The van der Waals surface area contributed by atoms with E-state index in [0.29, 0.717) is 42.3 Å². The molecule has 0 atom stereocenters. The minimum atomic E-state index is -0.276. The molecule has 1 aliphatic rings. The van der Waals surface area contributed by atoms with Gasteiger partial charge in [-0.15, -0.1) is 0 Å². The second-order valence-corrected chi connectivity index (χ2v) is 9.02. The normalized spacial score (nSPS) is 12.5. The Morgan fingerprint density at radius 2 is 1.85 bits per heavy atom. The number of ether oxygens (including phenoxy) is 2. The lowest BCUT2D eigenvalue weighted by atomic mass is 10.1. The number of nitrogens with two attached hydrogens (primary N) is 1. The van der Waals surface area contributed by atoms with Crippen molar-refractivity contribution >= 4 is 40.1 Å². The van der Waals surface area contributed by atoms with Crippen molar-refractivity contribution in [3.05, 3.63) is 71.9 Å². The van der Waals surface area contributed by atoms with Crippen molar-refractivity contribution in [3.8, 4) is 11.5 Å². The van der Waals surface area contributed by atoms with Gasteiger partial charge in [0.15, 0.2) is 5.70 Å². The summed E-state index contributed by atoms with van der Waals surface area (Å²) in [6.07, 6.45) is 9.48. The quantitative estimate of drug-likeness (QED) is 0.221. The fourth-order valence-electron chi connectivity index (χ4n) is 4.20. The molecule has 10 nitrogen and oxygen atoms in total. The number of allylic oxidation sites excluding steroid dienone is 2. The van der Waals surface area contributed by atoms with E-state index in [1.54, 1.807) is 44.8 Å². The van der Waals surface area contributed by atoms with Crippen LogP contribution in [0.15, 0.2) is 71.2 Å². The van der Waals surface area contributed by atoms with Gasteiger partial charge in [0, 0.05) is 54.5 Å². The standard InChI is InChI=1S/C30H34N6O4/c1-39-24-16-23(17-25(19-24)40-2)36(14-15-37)22-7-9-26-28(18-22)35-29(20-34-26)21-6-8-27(32-13-10-21)30(38)33-12-5-3-4-11-31/h6-7,9-10,13,16-20,37H,3-5,11-12,14-15,31H2,1-2H3,(H,33,38). The Hall–Kier alpha value is -4.50. The molecule has 208 valence electrons. The van der Waals surface area contributed by atoms with Crippen LogP contribution >= 0.6 is 0 Å². The van der Waals surface area contributed by atoms with Gasteiger partial charge in [-0.25, -0.2) is 9.98 Å². The summed E-state index contributed by atoms with van der Waals surface area (Å²) in [6.45, 7) is 1.50. The number of anilines is 2. The number of nitrogens with one attached hydrogen (secondary N) is 1. The van der Waals surface area contributed by atoms with Crippen molar-refractivity contribution in [2.75, 3.05) is 45.4 Å². The number of methoxy groups -OCH3 is 2. The van der Waals surface area contributed by atoms with Gasteiger partial charge in [-0.05, 0) is 49.7 Å². The lowest BCUT2D eigenvalue weighted by molar-refractivity contribution is -0.117. The van der Waals surface area contributed by atoms with E-state index in [0.717, 1.165) is 41.7 Å². The van der Waals surface area contributed by atoms with Crippen molar-refractivity contribution in [2.45, 2.75) is 19.3 Å². The van der Waals surface area contributed by atoms with Crippen LogP contribution in [0.5, 0.6) is 11.5 Å². The number of carbonyl (C=O) groups excluding carboxylic acids is 1. The smallest absolute Gasteiger partial charge is 0.277 e. The summed E-state index contributed by atoms with van der Waals surface area (Å²) >= 11 is 0. The minimum absolute atomic E-state index is 0.0593. The molecule has 2 heterocycles. The highest BCUT2D eigenvalue weighted by atomic mass is 16.5. The van der Waals surface area contributed by atoms with Gasteiger partial charge in [-0.1, -0.05) is 12.2 Å². The highest BCUT2D eigenvalue weighted by Crippen LogP contribution is 2.33. The molecule has 0 unspecified atom stereocenters. The molecule has 4 rings (SSSR count). The Morgan fingerprint density at radius 1 is 1.05 bits per heavy atom. The van der Waals surface area contributed by atoms with E-state index in [4.69, 9.17) is 20.2 Å². The van der Waals surface area contributed by atoms with Gasteiger partial charge >= 0.3 is 0 Å². The largest absolute Gasteiger partial charge is 0.497 e. The van der Waals surface area contributed by atoms with Gasteiger partial charge in [0.2, 0.25) is 0 Å². The first-order chi connectivity index (χ1) is 19.6. The van der Waals surface area contributed by atoms with Crippen molar-refractivity contribution < 1.29 is 19.4 Å². The van der Waals surface area contributed by atoms with Crippen molar-refractivity contribution in [2.24, 2.45) is 10.7 Å². The lowest BCUT2D eigenvalue weighted by Gasteiger charge is -2.25. The summed E-state index contributed by atoms with van der Waals surface area (Å²) in [5, 5.41) is 12.7. The molecule has 0 bridgehead atoms. The average molecular weight is 543 g/mol. The van der Waals surface area contributed by atoms with E-state index in [1.165, 1.54) is 0 Å². The summed E-state index contributed by atoms with van der Waals surface area (Å²) < 4.78 is 10.9. The molecule has 3 aromatic rings. The van der Waals surface area contributed by atoms with E-state index < -0.39 is 0 Å². The Morgan fingerprint density at radius 3 is 2.58 bits per heavy atom. The number of hydrogen-bond acceptors (Lipinski definition) is 9. The molecule has 0 saturated carbocycles. The van der Waals surface area contributed by atoms with Gasteiger partial charge in [0.1, 0.15) is 11.5 Å². The summed E-state index contributed by atoms with van der Waals surface area (Å²) in [5.74, 6) is 1.01. The molecule has 0 radical (unpaired) electrons. The van der Waals surface area contributed by atoms with Crippen LogP contribution in [-0.4, -0.2) is 67.7 Å². The number of aliphatic hydroxyl groups is 1. The third-order valence-corrected chi connectivity index (χ3v) is 6.31. The number of nitrogens with zero attached hydrogens (tertiary/aromatic N) is 4. The fraction of sp³-hybridized carbons (Fsp3) is 0.300. The summed E-state index contributed by atoms with van der Waals surface area (Å²) in [4.78, 5) is 28.1. The second kappa shape index (κ2) is 14.0. The molecule has 1 aromatic heterocycles. The van der Waals surface area contributed by atoms with Gasteiger partial charge in [-0.2, -0.15) is 0 Å². The number of unbranched alkanes of at least 4 members (excludes halogenated alkanes) is 2. The van der Waals surface area contributed by atoms with Crippen molar-refractivity contribution in [1.82, 2.24) is 15.3 Å². The van der Waals surface area contributed by atoms with Gasteiger partial charge in [-0.3, -0.25) is 9.78 Å². The van der Waals surface area contributed by atoms with Crippen LogP contribution in [0.2, 0.25) is 0 Å². The molecule has 1 aliphatic heterocycles. The third-order valence-electron chi connectivity index (χ3n) is 6.31. The first-order valence-electron chi connectivity index (χ1n) is 13.1. The van der Waals surface area contributed by atoms with E-state index in [1.807, 2.05) is 35.2 Å². The van der Waals surface area contributed by atoms with Crippen LogP contribution in [-0.2, 0) is 4.79 Å². The molecule has 2 aromatic carbocycles. The molecular weight excluding hydrogens is 508 g/mol. The lowest BCUT2D eigenvalue weighted by Crippen LogP contribution is -2.25. The van der Waals surface area contributed by atoms with Crippen LogP contribution in [0.25, 0.3) is 16.6 Å². The number of aromatic nitrogens is 2. The number of aliphatic hydroxyl groups excluding tert-OH is 1. The first kappa shape index (κ1) is 28.5. The monoisotopic (exact) mass is 542 g/mol. The zero-order chi connectivity index (χ0) is 28.3. The van der Waals surface area contributed by atoms with Crippen molar-refractivity contribution in [3.63, 3.8) is 0 Å². The Labute approximate surface area is 233 Å². The van der Waals surface area contributed by atoms with Gasteiger partial charge in [0.05, 0.1) is 43.8 Å². The highest BCUT2D eigenvalue weighted by molar-refractivity contribution is 5.98. The number of rotatable bonds is 13. The summed E-state index contributed by atoms with van der Waals surface area (Å²) in [7, 11) is 3.19. The molecule has 0 aliphatic carbocycles. The SMILES string of the molecule is COc1cc(OC)cc(N(CCO)c2ccc3ncc(C4=CC=NC(C(=O)NCCCCCN)=C=C4)nc3c2)c1. The molecule has 4 N–H and O–H groups in total. The Kier molecular flexibility index (Phi) is 10.0. The predicted octanol–water partition coefficient (Wildman–Crippen LogP) is 3.53. The molecule has 0 saturated heterocycles. The first-order valence-corrected chi connectivity index (χ1v) is 13.1. The molecule has 0 fully saturated rings. The van der Waals surface area contributed by atoms with Gasteiger partial charge in [0.25, 0.3) is 5.91 Å². The van der Waals surface area contributed by atoms with E-state index in [-0.39, 0.29) is 18.2 Å². The number of aliphatic imine (C=N–C) groups is 1. The van der Waals surface area contributed by atoms with E-state index >= 15 is 0 Å². The molecular formula is C30H34N6O4. The molecule has 1 amide bonds. The Balaban J connectivity index is 1.60. The van der Waals surface area contributed by atoms with Crippen LogP contribution in [0.3, 0.4) is 0 Å². The molecule has 0 spiro atoms. The van der Waals surface area contributed by atoms with Crippen LogP contribution < -0.4 is 25.4 Å². The zero-order valence-corrected chi connectivity index (χ0v) is 22.8. The molecule has 10 heteroatoms. The number of fused-ring (bicyclic) bond motifs is 1. The maximum atomic E-state index is 12.5. The van der Waals surface area contributed by atoms with Crippen molar-refractivity contribution in [1.29, 1.82) is 0 Å².